The average molecular weight is 532 g/mol. The molecule has 0 aliphatic carbocycles. The number of ether oxygens (including phenoxy) is 1. The summed E-state index contributed by atoms with van der Waals surface area (Å²) in [5.41, 5.74) is 0. The molecule has 162 valence electrons. The first-order chi connectivity index (χ1) is 13.8. The van der Waals surface area contributed by atoms with Gasteiger partial charge in [-0.25, -0.2) is 0 Å². The molecule has 0 atom stereocenters. The SMILES string of the molecule is CN=C(NCCCOCc1ccco1)NCC1CCN(Cc2cccs2)CC1.I. The Bertz CT molecular complexity index is 671. The molecule has 0 spiro atoms. The second-order valence-electron chi connectivity index (χ2n) is 7.16. The number of halogens is 1. The average Bonchev–Trinajstić information content (AvgIpc) is 3.42. The number of nitrogens with one attached hydrogen (secondary N) is 2. The molecule has 0 saturated carbocycles. The van der Waals surface area contributed by atoms with Crippen LogP contribution in [0.25, 0.3) is 0 Å². The van der Waals surface area contributed by atoms with Crippen molar-refractivity contribution in [2.24, 2.45) is 10.9 Å². The maximum Gasteiger partial charge on any atom is 0.190 e. The van der Waals surface area contributed by atoms with Crippen LogP contribution in [0.3, 0.4) is 0 Å². The summed E-state index contributed by atoms with van der Waals surface area (Å²) in [7, 11) is 1.83. The fourth-order valence-electron chi connectivity index (χ4n) is 3.38. The normalized spacial score (nSPS) is 15.8. The van der Waals surface area contributed by atoms with Gasteiger partial charge in [-0.1, -0.05) is 6.07 Å². The van der Waals surface area contributed by atoms with Crippen LogP contribution in [0.4, 0.5) is 0 Å². The van der Waals surface area contributed by atoms with Crippen LogP contribution in [-0.2, 0) is 17.9 Å². The van der Waals surface area contributed by atoms with Crippen LogP contribution in [0.1, 0.15) is 29.9 Å². The zero-order valence-electron chi connectivity index (χ0n) is 17.1. The van der Waals surface area contributed by atoms with Crippen molar-refractivity contribution in [1.29, 1.82) is 0 Å². The van der Waals surface area contributed by atoms with Crippen molar-refractivity contribution < 1.29 is 9.15 Å². The quantitative estimate of drug-likeness (QED) is 0.210. The summed E-state index contributed by atoms with van der Waals surface area (Å²) in [6.07, 6.45) is 5.10. The third-order valence-corrected chi connectivity index (χ3v) is 5.89. The highest BCUT2D eigenvalue weighted by Crippen LogP contribution is 2.20. The van der Waals surface area contributed by atoms with Crippen molar-refractivity contribution in [3.63, 3.8) is 0 Å². The second kappa shape index (κ2) is 14.0. The summed E-state index contributed by atoms with van der Waals surface area (Å²) in [5.74, 6) is 2.47. The van der Waals surface area contributed by atoms with Gasteiger partial charge in [0.25, 0.3) is 0 Å². The van der Waals surface area contributed by atoms with Crippen LogP contribution in [0.15, 0.2) is 45.3 Å². The van der Waals surface area contributed by atoms with Crippen molar-refractivity contribution in [2.75, 3.05) is 39.8 Å². The van der Waals surface area contributed by atoms with E-state index in [0.717, 1.165) is 43.7 Å². The molecular weight excluding hydrogens is 499 g/mol. The largest absolute Gasteiger partial charge is 0.467 e. The summed E-state index contributed by atoms with van der Waals surface area (Å²) in [5, 5.41) is 9.01. The van der Waals surface area contributed by atoms with Crippen LogP contribution >= 0.6 is 35.3 Å². The Labute approximate surface area is 195 Å². The maximum atomic E-state index is 5.60. The van der Waals surface area contributed by atoms with Gasteiger partial charge in [0.1, 0.15) is 12.4 Å². The van der Waals surface area contributed by atoms with Crippen LogP contribution in [0, 0.1) is 5.92 Å². The summed E-state index contributed by atoms with van der Waals surface area (Å²) >= 11 is 1.85. The topological polar surface area (TPSA) is 62.0 Å². The van der Waals surface area contributed by atoms with E-state index in [0.29, 0.717) is 13.2 Å². The fourth-order valence-corrected chi connectivity index (χ4v) is 4.13. The highest BCUT2D eigenvalue weighted by molar-refractivity contribution is 14.0. The lowest BCUT2D eigenvalue weighted by Crippen LogP contribution is -2.43. The molecule has 2 aromatic heterocycles. The van der Waals surface area contributed by atoms with E-state index in [2.05, 4.69) is 38.0 Å². The number of nitrogens with zero attached hydrogens (tertiary/aromatic N) is 2. The van der Waals surface area contributed by atoms with Gasteiger partial charge in [-0.2, -0.15) is 0 Å². The summed E-state index contributed by atoms with van der Waals surface area (Å²) in [4.78, 5) is 8.36. The van der Waals surface area contributed by atoms with Crippen molar-refractivity contribution in [2.45, 2.75) is 32.4 Å². The van der Waals surface area contributed by atoms with E-state index >= 15 is 0 Å². The molecule has 0 aromatic carbocycles. The number of thiophene rings is 1. The number of aliphatic imine (C=N–C) groups is 1. The number of guanidine groups is 1. The lowest BCUT2D eigenvalue weighted by atomic mass is 9.97. The molecule has 3 heterocycles. The predicted molar refractivity (Wildman–Crippen MR) is 130 cm³/mol. The molecule has 0 radical (unpaired) electrons. The Hall–Kier alpha value is -1.10. The van der Waals surface area contributed by atoms with Gasteiger partial charge < -0.3 is 19.8 Å². The fraction of sp³-hybridized carbons (Fsp3) is 0.571. The smallest absolute Gasteiger partial charge is 0.190 e. The minimum atomic E-state index is 0. The van der Waals surface area contributed by atoms with E-state index in [1.54, 1.807) is 6.26 Å². The van der Waals surface area contributed by atoms with E-state index in [1.165, 1.54) is 30.8 Å². The molecule has 2 aromatic rings. The van der Waals surface area contributed by atoms with Gasteiger partial charge in [0.05, 0.1) is 6.26 Å². The van der Waals surface area contributed by atoms with Crippen LogP contribution < -0.4 is 10.6 Å². The molecule has 1 fully saturated rings. The molecule has 0 unspecified atom stereocenters. The molecule has 1 saturated heterocycles. The Morgan fingerprint density at radius 2 is 2.14 bits per heavy atom. The molecule has 1 aliphatic rings. The first-order valence-electron chi connectivity index (χ1n) is 10.1. The molecular formula is C21H33IN4O2S. The standard InChI is InChI=1S/C21H32N4O2S.HI/c1-22-21(23-9-4-12-26-17-19-5-2-13-27-19)24-15-18-7-10-25(11-8-18)16-20-6-3-14-28-20;/h2-3,5-6,13-14,18H,4,7-12,15-17H2,1H3,(H2,22,23,24);1H. The van der Waals surface area contributed by atoms with Gasteiger partial charge in [-0.05, 0) is 61.8 Å². The highest BCUT2D eigenvalue weighted by Gasteiger charge is 2.19. The van der Waals surface area contributed by atoms with E-state index in [9.17, 15) is 0 Å². The van der Waals surface area contributed by atoms with Crippen molar-refractivity contribution >= 4 is 41.3 Å². The number of furan rings is 1. The third kappa shape index (κ3) is 9.06. The summed E-state index contributed by atoms with van der Waals surface area (Å²) < 4.78 is 10.8. The molecule has 8 heteroatoms. The number of piperidine rings is 1. The first-order valence-corrected chi connectivity index (χ1v) is 11.0. The van der Waals surface area contributed by atoms with Gasteiger partial charge in [0.2, 0.25) is 0 Å². The zero-order chi connectivity index (χ0) is 19.4. The molecule has 6 nitrogen and oxygen atoms in total. The monoisotopic (exact) mass is 532 g/mol. The molecule has 1 aliphatic heterocycles. The Balaban J connectivity index is 0.00000300. The number of likely N-dealkylation sites (tertiary alicyclic amines) is 1. The zero-order valence-corrected chi connectivity index (χ0v) is 20.3. The third-order valence-electron chi connectivity index (χ3n) is 5.03. The number of hydrogen-bond donors (Lipinski definition) is 2. The number of hydrogen-bond acceptors (Lipinski definition) is 5. The Kier molecular flexibility index (Phi) is 11.7. The Morgan fingerprint density at radius 1 is 1.28 bits per heavy atom. The second-order valence-corrected chi connectivity index (χ2v) is 8.20. The highest BCUT2D eigenvalue weighted by atomic mass is 127. The van der Waals surface area contributed by atoms with Gasteiger partial charge in [0.15, 0.2) is 5.96 Å². The molecule has 2 N–H and O–H groups in total. The van der Waals surface area contributed by atoms with Crippen molar-refractivity contribution in [1.82, 2.24) is 15.5 Å². The van der Waals surface area contributed by atoms with Gasteiger partial charge in [-0.15, -0.1) is 35.3 Å². The minimum Gasteiger partial charge on any atom is -0.467 e. The van der Waals surface area contributed by atoms with Crippen LogP contribution in [0.2, 0.25) is 0 Å². The van der Waals surface area contributed by atoms with Crippen molar-refractivity contribution in [3.8, 4) is 0 Å². The van der Waals surface area contributed by atoms with Crippen LogP contribution in [-0.4, -0.2) is 50.7 Å². The maximum absolute atomic E-state index is 5.60. The van der Waals surface area contributed by atoms with Gasteiger partial charge in [0, 0.05) is 38.2 Å². The lowest BCUT2D eigenvalue weighted by molar-refractivity contribution is 0.105. The van der Waals surface area contributed by atoms with Crippen molar-refractivity contribution in [3.05, 3.63) is 46.5 Å². The summed E-state index contributed by atoms with van der Waals surface area (Å²) in [6, 6.07) is 8.18. The molecule has 0 amide bonds. The first kappa shape index (κ1) is 24.2. The minimum absolute atomic E-state index is 0. The van der Waals surface area contributed by atoms with Gasteiger partial charge >= 0.3 is 0 Å². The Morgan fingerprint density at radius 3 is 2.83 bits per heavy atom. The molecule has 0 bridgehead atoms. The van der Waals surface area contributed by atoms with E-state index in [1.807, 2.05) is 30.5 Å². The van der Waals surface area contributed by atoms with Gasteiger partial charge in [-0.3, -0.25) is 9.89 Å². The molecule has 29 heavy (non-hydrogen) atoms. The van der Waals surface area contributed by atoms with E-state index < -0.39 is 0 Å². The van der Waals surface area contributed by atoms with Crippen LogP contribution in [0.5, 0.6) is 0 Å². The van der Waals surface area contributed by atoms with E-state index in [-0.39, 0.29) is 24.0 Å². The lowest BCUT2D eigenvalue weighted by Gasteiger charge is -2.32. The number of rotatable bonds is 10. The molecule has 3 rings (SSSR count). The van der Waals surface area contributed by atoms with E-state index in [4.69, 9.17) is 9.15 Å². The predicted octanol–water partition coefficient (Wildman–Crippen LogP) is 3.94. The summed E-state index contributed by atoms with van der Waals surface area (Å²) in [6.45, 7) is 6.53.